The third-order valence-electron chi connectivity index (χ3n) is 3.72. The molecule has 0 spiro atoms. The van der Waals surface area contributed by atoms with Crippen molar-refractivity contribution in [3.63, 3.8) is 0 Å². The van der Waals surface area contributed by atoms with Crippen LogP contribution in [0.4, 0.5) is 5.69 Å². The van der Waals surface area contributed by atoms with E-state index in [9.17, 15) is 0 Å². The number of anilines is 1. The van der Waals surface area contributed by atoms with E-state index in [0.717, 1.165) is 51.4 Å². The highest BCUT2D eigenvalue weighted by molar-refractivity contribution is 5.49. The minimum Gasteiger partial charge on any atom is -0.465 e. The number of benzene rings is 1. The molecule has 104 valence electrons. The molecular weight excluding hydrogens is 240 g/mol. The van der Waals surface area contributed by atoms with Crippen molar-refractivity contribution >= 4 is 5.69 Å². The second kappa shape index (κ2) is 6.26. The lowest BCUT2D eigenvalue weighted by Gasteiger charge is -2.29. The van der Waals surface area contributed by atoms with Crippen LogP contribution in [0.3, 0.4) is 0 Å². The van der Waals surface area contributed by atoms with Crippen molar-refractivity contribution < 1.29 is 9.47 Å². The summed E-state index contributed by atoms with van der Waals surface area (Å²) in [5.74, 6) is 0.908. The molecule has 0 aromatic heterocycles. The lowest BCUT2D eigenvalue weighted by molar-refractivity contribution is -0.105. The van der Waals surface area contributed by atoms with Gasteiger partial charge < -0.3 is 19.7 Å². The number of nitrogens with zero attached hydrogens (tertiary/aromatic N) is 1. The molecule has 0 radical (unpaired) electrons. The number of ether oxygens (including phenoxy) is 2. The van der Waals surface area contributed by atoms with Gasteiger partial charge in [-0.1, -0.05) is 0 Å². The van der Waals surface area contributed by atoms with Crippen LogP contribution in [0.15, 0.2) is 24.3 Å². The Kier molecular flexibility index (Phi) is 4.20. The maximum Gasteiger partial charge on any atom is 0.199 e. The fourth-order valence-electron chi connectivity index (χ4n) is 2.61. The molecule has 0 amide bonds. The van der Waals surface area contributed by atoms with Crippen LogP contribution in [-0.4, -0.2) is 39.1 Å². The number of nitrogens with one attached hydrogen (secondary N) is 1. The van der Waals surface area contributed by atoms with Crippen molar-refractivity contribution in [1.82, 2.24) is 5.32 Å². The van der Waals surface area contributed by atoms with E-state index in [4.69, 9.17) is 9.47 Å². The summed E-state index contributed by atoms with van der Waals surface area (Å²) in [4.78, 5) is 2.40. The van der Waals surface area contributed by atoms with Crippen molar-refractivity contribution in [1.29, 1.82) is 0 Å². The zero-order valence-corrected chi connectivity index (χ0v) is 11.3. The van der Waals surface area contributed by atoms with Crippen molar-refractivity contribution in [2.45, 2.75) is 25.6 Å². The molecule has 4 nitrogen and oxygen atoms in total. The molecule has 1 N–H and O–H groups in total. The van der Waals surface area contributed by atoms with E-state index >= 15 is 0 Å². The molecule has 2 fully saturated rings. The van der Waals surface area contributed by atoms with Crippen LogP contribution in [0.25, 0.3) is 0 Å². The zero-order chi connectivity index (χ0) is 12.9. The van der Waals surface area contributed by atoms with Crippen LogP contribution in [0, 0.1) is 0 Å². The Morgan fingerprint density at radius 3 is 2.58 bits per heavy atom. The molecule has 1 aromatic carbocycles. The third-order valence-corrected chi connectivity index (χ3v) is 3.72. The minimum absolute atomic E-state index is 0.0567. The van der Waals surface area contributed by atoms with Gasteiger partial charge in [0.1, 0.15) is 5.75 Å². The van der Waals surface area contributed by atoms with Crippen LogP contribution < -0.4 is 15.0 Å². The predicted molar refractivity (Wildman–Crippen MR) is 75.7 cm³/mol. The molecule has 2 aliphatic heterocycles. The standard InChI is InChI=1S/C15H22N2O2/c1-2-12-18-15(3-1)19-14-6-4-13(5-7-14)17-10-8-16-9-11-17/h4-7,15-16H,1-3,8-12H2. The quantitative estimate of drug-likeness (QED) is 0.903. The van der Waals surface area contributed by atoms with Crippen LogP contribution in [0.1, 0.15) is 19.3 Å². The summed E-state index contributed by atoms with van der Waals surface area (Å²) in [5.41, 5.74) is 1.28. The van der Waals surface area contributed by atoms with E-state index in [1.54, 1.807) is 0 Å². The Morgan fingerprint density at radius 1 is 1.11 bits per heavy atom. The van der Waals surface area contributed by atoms with Crippen molar-refractivity contribution in [2.75, 3.05) is 37.7 Å². The van der Waals surface area contributed by atoms with E-state index < -0.39 is 0 Å². The highest BCUT2D eigenvalue weighted by atomic mass is 16.7. The summed E-state index contributed by atoms with van der Waals surface area (Å²) in [7, 11) is 0. The molecule has 2 heterocycles. The van der Waals surface area contributed by atoms with Gasteiger partial charge in [-0.25, -0.2) is 0 Å². The second-order valence-electron chi connectivity index (χ2n) is 5.14. The maximum atomic E-state index is 5.84. The zero-order valence-electron chi connectivity index (χ0n) is 11.3. The molecule has 19 heavy (non-hydrogen) atoms. The largest absolute Gasteiger partial charge is 0.465 e. The second-order valence-corrected chi connectivity index (χ2v) is 5.14. The SMILES string of the molecule is c1cc(N2CCNCC2)ccc1OC1CCCCO1. The first-order valence-corrected chi connectivity index (χ1v) is 7.26. The van der Waals surface area contributed by atoms with Gasteiger partial charge in [-0.2, -0.15) is 0 Å². The summed E-state index contributed by atoms with van der Waals surface area (Å²) in [6.07, 6.45) is 3.30. The monoisotopic (exact) mass is 262 g/mol. The Balaban J connectivity index is 1.58. The molecule has 0 bridgehead atoms. The first-order chi connectivity index (χ1) is 9.42. The van der Waals surface area contributed by atoms with Gasteiger partial charge >= 0.3 is 0 Å². The van der Waals surface area contributed by atoms with Crippen LogP contribution >= 0.6 is 0 Å². The summed E-state index contributed by atoms with van der Waals surface area (Å²) in [5, 5.41) is 3.37. The molecule has 0 aliphatic carbocycles. The Labute approximate surface area is 114 Å². The van der Waals surface area contributed by atoms with E-state index in [2.05, 4.69) is 34.5 Å². The Morgan fingerprint density at radius 2 is 1.89 bits per heavy atom. The van der Waals surface area contributed by atoms with Gasteiger partial charge in [0.2, 0.25) is 0 Å². The smallest absolute Gasteiger partial charge is 0.199 e. The van der Waals surface area contributed by atoms with E-state index in [-0.39, 0.29) is 6.29 Å². The summed E-state index contributed by atoms with van der Waals surface area (Å²) >= 11 is 0. The highest BCUT2D eigenvalue weighted by Crippen LogP contribution is 2.23. The maximum absolute atomic E-state index is 5.84. The van der Waals surface area contributed by atoms with E-state index in [0.29, 0.717) is 0 Å². The number of piperazine rings is 1. The van der Waals surface area contributed by atoms with Crippen LogP contribution in [0.5, 0.6) is 5.75 Å². The Bertz CT molecular complexity index is 382. The molecule has 2 saturated heterocycles. The normalized spacial score (nSPS) is 24.2. The molecular formula is C15H22N2O2. The van der Waals surface area contributed by atoms with Crippen LogP contribution in [-0.2, 0) is 4.74 Å². The van der Waals surface area contributed by atoms with Gasteiger partial charge in [-0.3, -0.25) is 0 Å². The van der Waals surface area contributed by atoms with Gasteiger partial charge in [0, 0.05) is 38.3 Å². The van der Waals surface area contributed by atoms with Crippen molar-refractivity contribution in [3.8, 4) is 5.75 Å². The number of hydrogen-bond acceptors (Lipinski definition) is 4. The Hall–Kier alpha value is -1.26. The average molecular weight is 262 g/mol. The molecule has 1 atom stereocenters. The van der Waals surface area contributed by atoms with Gasteiger partial charge in [-0.15, -0.1) is 0 Å². The lowest BCUT2D eigenvalue weighted by Crippen LogP contribution is -2.43. The van der Waals surface area contributed by atoms with Crippen molar-refractivity contribution in [3.05, 3.63) is 24.3 Å². The highest BCUT2D eigenvalue weighted by Gasteiger charge is 2.15. The fraction of sp³-hybridized carbons (Fsp3) is 0.600. The van der Waals surface area contributed by atoms with E-state index in [1.807, 2.05) is 0 Å². The van der Waals surface area contributed by atoms with E-state index in [1.165, 1.54) is 12.1 Å². The first kappa shape index (κ1) is 12.8. The molecule has 3 rings (SSSR count). The minimum atomic E-state index is -0.0567. The predicted octanol–water partition coefficient (Wildman–Crippen LogP) is 2.00. The first-order valence-electron chi connectivity index (χ1n) is 7.26. The van der Waals surface area contributed by atoms with Gasteiger partial charge in [0.05, 0.1) is 6.61 Å². The van der Waals surface area contributed by atoms with Gasteiger partial charge in [0.25, 0.3) is 0 Å². The summed E-state index contributed by atoms with van der Waals surface area (Å²) < 4.78 is 11.4. The third kappa shape index (κ3) is 3.39. The molecule has 1 aromatic rings. The van der Waals surface area contributed by atoms with Gasteiger partial charge in [-0.05, 0) is 37.1 Å². The lowest BCUT2D eigenvalue weighted by atomic mass is 10.2. The number of rotatable bonds is 3. The molecule has 4 heteroatoms. The molecule has 1 unspecified atom stereocenters. The van der Waals surface area contributed by atoms with Crippen LogP contribution in [0.2, 0.25) is 0 Å². The topological polar surface area (TPSA) is 33.7 Å². The summed E-state index contributed by atoms with van der Waals surface area (Å²) in [6.45, 7) is 5.10. The average Bonchev–Trinajstić information content (AvgIpc) is 2.50. The molecule has 2 aliphatic rings. The van der Waals surface area contributed by atoms with Gasteiger partial charge in [0.15, 0.2) is 6.29 Å². The van der Waals surface area contributed by atoms with Crippen molar-refractivity contribution in [2.24, 2.45) is 0 Å². The number of hydrogen-bond donors (Lipinski definition) is 1. The fourth-order valence-corrected chi connectivity index (χ4v) is 2.61. The summed E-state index contributed by atoms with van der Waals surface area (Å²) in [6, 6.07) is 8.39. The molecule has 0 saturated carbocycles.